The van der Waals surface area contributed by atoms with E-state index in [4.69, 9.17) is 0 Å². The molecule has 4 nitrogen and oxygen atoms in total. The lowest BCUT2D eigenvalue weighted by Crippen LogP contribution is -2.26. The molecule has 0 spiro atoms. The van der Waals surface area contributed by atoms with Crippen molar-refractivity contribution in [1.82, 2.24) is 9.97 Å². The van der Waals surface area contributed by atoms with Crippen LogP contribution in [0, 0.1) is 5.92 Å². The van der Waals surface area contributed by atoms with Crippen molar-refractivity contribution in [2.75, 3.05) is 11.4 Å². The molecule has 2 rings (SSSR count). The lowest BCUT2D eigenvalue weighted by atomic mass is 10.1. The van der Waals surface area contributed by atoms with Crippen LogP contribution in [0.2, 0.25) is 0 Å². The molecule has 1 aromatic heterocycles. The molecule has 4 heteroatoms. The van der Waals surface area contributed by atoms with Crippen molar-refractivity contribution in [2.45, 2.75) is 6.42 Å². The first-order valence-electron chi connectivity index (χ1n) is 4.51. The molecule has 0 radical (unpaired) electrons. The number of aromatic nitrogens is 2. The van der Waals surface area contributed by atoms with Crippen LogP contribution >= 0.6 is 0 Å². The molecule has 1 fully saturated rings. The summed E-state index contributed by atoms with van der Waals surface area (Å²) in [5, 5.41) is 0. The topological polar surface area (TPSA) is 46.1 Å². The van der Waals surface area contributed by atoms with E-state index in [0.29, 0.717) is 18.9 Å². The number of rotatable bonds is 2. The van der Waals surface area contributed by atoms with E-state index in [9.17, 15) is 4.79 Å². The summed E-state index contributed by atoms with van der Waals surface area (Å²) in [7, 11) is 0. The molecular weight excluding hydrogens is 178 g/mol. The largest absolute Gasteiger partial charge is 0.280 e. The highest BCUT2D eigenvalue weighted by Crippen LogP contribution is 2.21. The highest BCUT2D eigenvalue weighted by atomic mass is 16.2. The van der Waals surface area contributed by atoms with Crippen molar-refractivity contribution in [3.63, 3.8) is 0 Å². The third-order valence-corrected chi connectivity index (χ3v) is 2.28. The number of amides is 1. The van der Waals surface area contributed by atoms with E-state index in [-0.39, 0.29) is 11.8 Å². The number of nitrogens with zero attached hydrogens (tertiary/aromatic N) is 3. The van der Waals surface area contributed by atoms with Crippen LogP contribution < -0.4 is 4.90 Å². The van der Waals surface area contributed by atoms with Gasteiger partial charge in [-0.05, 0) is 6.07 Å². The van der Waals surface area contributed by atoms with Gasteiger partial charge in [0, 0.05) is 31.3 Å². The summed E-state index contributed by atoms with van der Waals surface area (Å²) in [6.45, 7) is 4.33. The third-order valence-electron chi connectivity index (χ3n) is 2.28. The van der Waals surface area contributed by atoms with Crippen LogP contribution in [0.3, 0.4) is 0 Å². The van der Waals surface area contributed by atoms with Gasteiger partial charge >= 0.3 is 0 Å². The van der Waals surface area contributed by atoms with Gasteiger partial charge in [0.15, 0.2) is 0 Å². The van der Waals surface area contributed by atoms with Crippen LogP contribution in [0.1, 0.15) is 6.42 Å². The van der Waals surface area contributed by atoms with Crippen molar-refractivity contribution in [2.24, 2.45) is 5.92 Å². The summed E-state index contributed by atoms with van der Waals surface area (Å²) in [6, 6.07) is 1.73. The van der Waals surface area contributed by atoms with Gasteiger partial charge in [-0.2, -0.15) is 0 Å². The number of hydrogen-bond donors (Lipinski definition) is 0. The van der Waals surface area contributed by atoms with Gasteiger partial charge < -0.3 is 0 Å². The first kappa shape index (κ1) is 8.87. The van der Waals surface area contributed by atoms with Gasteiger partial charge in [0.25, 0.3) is 0 Å². The minimum absolute atomic E-state index is 0.0705. The molecule has 0 aromatic carbocycles. The van der Waals surface area contributed by atoms with E-state index < -0.39 is 0 Å². The maximum Gasteiger partial charge on any atom is 0.232 e. The zero-order valence-corrected chi connectivity index (χ0v) is 7.76. The number of hydrogen-bond acceptors (Lipinski definition) is 3. The van der Waals surface area contributed by atoms with Crippen LogP contribution in [0.5, 0.6) is 0 Å². The molecule has 1 amide bonds. The summed E-state index contributed by atoms with van der Waals surface area (Å²) in [6.07, 6.45) is 5.59. The number of carbonyl (C=O) groups excluding carboxylic acids is 1. The van der Waals surface area contributed by atoms with Gasteiger partial charge in [-0.1, -0.05) is 6.08 Å². The predicted octanol–water partition coefficient (Wildman–Crippen LogP) is 1.02. The minimum atomic E-state index is 0.0705. The molecule has 2 heterocycles. The van der Waals surface area contributed by atoms with Gasteiger partial charge in [0.1, 0.15) is 0 Å². The van der Waals surface area contributed by atoms with Crippen LogP contribution in [-0.2, 0) is 4.79 Å². The van der Waals surface area contributed by atoms with Crippen LogP contribution in [0.4, 0.5) is 5.95 Å². The lowest BCUT2D eigenvalue weighted by molar-refractivity contribution is -0.117. The maximum atomic E-state index is 11.5. The number of anilines is 1. The summed E-state index contributed by atoms with van der Waals surface area (Å²) < 4.78 is 0. The minimum Gasteiger partial charge on any atom is -0.280 e. The van der Waals surface area contributed by atoms with Gasteiger partial charge in [-0.15, -0.1) is 6.58 Å². The second kappa shape index (κ2) is 3.57. The van der Waals surface area contributed by atoms with Crippen molar-refractivity contribution in [3.05, 3.63) is 31.1 Å². The lowest BCUT2D eigenvalue weighted by Gasteiger charge is -2.12. The summed E-state index contributed by atoms with van der Waals surface area (Å²) in [5.74, 6) is 0.786. The number of carbonyl (C=O) groups is 1. The Balaban J connectivity index is 2.21. The molecule has 0 bridgehead atoms. The quantitative estimate of drug-likeness (QED) is 0.652. The van der Waals surface area contributed by atoms with Crippen molar-refractivity contribution in [1.29, 1.82) is 0 Å². The molecule has 1 aromatic rings. The summed E-state index contributed by atoms with van der Waals surface area (Å²) in [5.41, 5.74) is 0. The standard InChI is InChI=1S/C10H11N3O/c1-2-8-6-9(14)13(7-8)10-11-4-3-5-12-10/h2-5,8H,1,6-7H2. The molecule has 0 aliphatic carbocycles. The maximum absolute atomic E-state index is 11.5. The molecule has 1 saturated heterocycles. The Kier molecular flexibility index (Phi) is 2.26. The Morgan fingerprint density at radius 2 is 2.21 bits per heavy atom. The van der Waals surface area contributed by atoms with Gasteiger partial charge in [0.05, 0.1) is 0 Å². The monoisotopic (exact) mass is 189 g/mol. The normalized spacial score (nSPS) is 21.3. The van der Waals surface area contributed by atoms with Crippen molar-refractivity contribution >= 4 is 11.9 Å². The average molecular weight is 189 g/mol. The van der Waals surface area contributed by atoms with Gasteiger partial charge in [-0.3, -0.25) is 9.69 Å². The van der Waals surface area contributed by atoms with Crippen molar-refractivity contribution < 1.29 is 4.79 Å². The SMILES string of the molecule is C=CC1CC(=O)N(c2ncccn2)C1. The van der Waals surface area contributed by atoms with E-state index >= 15 is 0 Å². The van der Waals surface area contributed by atoms with E-state index in [0.717, 1.165) is 0 Å². The zero-order chi connectivity index (χ0) is 9.97. The predicted molar refractivity (Wildman–Crippen MR) is 52.7 cm³/mol. The molecule has 0 N–H and O–H groups in total. The second-order valence-corrected chi connectivity index (χ2v) is 3.25. The van der Waals surface area contributed by atoms with Crippen molar-refractivity contribution in [3.8, 4) is 0 Å². The molecule has 72 valence electrons. The smallest absolute Gasteiger partial charge is 0.232 e. The highest BCUT2D eigenvalue weighted by Gasteiger charge is 2.29. The molecule has 1 atom stereocenters. The summed E-state index contributed by atoms with van der Waals surface area (Å²) >= 11 is 0. The van der Waals surface area contributed by atoms with Crippen LogP contribution in [0.15, 0.2) is 31.1 Å². The fourth-order valence-electron chi connectivity index (χ4n) is 1.52. The first-order valence-corrected chi connectivity index (χ1v) is 4.51. The second-order valence-electron chi connectivity index (χ2n) is 3.25. The molecule has 1 unspecified atom stereocenters. The van der Waals surface area contributed by atoms with E-state index in [1.165, 1.54) is 0 Å². The molecule has 14 heavy (non-hydrogen) atoms. The van der Waals surface area contributed by atoms with E-state index in [1.54, 1.807) is 29.4 Å². The molecular formula is C10H11N3O. The summed E-state index contributed by atoms with van der Waals surface area (Å²) in [4.78, 5) is 21.2. The third kappa shape index (κ3) is 1.51. The molecule has 1 aliphatic heterocycles. The van der Waals surface area contributed by atoms with Crippen LogP contribution in [0.25, 0.3) is 0 Å². The fourth-order valence-corrected chi connectivity index (χ4v) is 1.52. The fraction of sp³-hybridized carbons (Fsp3) is 0.300. The Labute approximate surface area is 82.3 Å². The zero-order valence-electron chi connectivity index (χ0n) is 7.76. The van der Waals surface area contributed by atoms with Gasteiger partial charge in [0.2, 0.25) is 11.9 Å². The first-order chi connectivity index (χ1) is 6.81. The average Bonchev–Trinajstić information content (AvgIpc) is 2.61. The van der Waals surface area contributed by atoms with Gasteiger partial charge in [-0.25, -0.2) is 9.97 Å². The molecule has 0 saturated carbocycles. The Hall–Kier alpha value is -1.71. The van der Waals surface area contributed by atoms with E-state index in [2.05, 4.69) is 16.5 Å². The molecule has 1 aliphatic rings. The van der Waals surface area contributed by atoms with E-state index in [1.807, 2.05) is 0 Å². The highest BCUT2D eigenvalue weighted by molar-refractivity contribution is 5.94. The Bertz CT molecular complexity index is 350. The Morgan fingerprint density at radius 3 is 2.79 bits per heavy atom. The Morgan fingerprint density at radius 1 is 1.50 bits per heavy atom. The van der Waals surface area contributed by atoms with Crippen LogP contribution in [-0.4, -0.2) is 22.4 Å².